The van der Waals surface area contributed by atoms with Crippen LogP contribution in [0, 0.1) is 35.5 Å². The normalized spacial score (nSPS) is 11.2. The highest BCUT2D eigenvalue weighted by Crippen LogP contribution is 2.18. The predicted octanol–water partition coefficient (Wildman–Crippen LogP) is 12.2. The van der Waals surface area contributed by atoms with Gasteiger partial charge in [0.1, 0.15) is 6.10 Å². The standard InChI is InChI=1S/C43H75NO2/c1-5-7-9-11-13-15-17-19-21-23-25-27-29-31-33-35-38-42(46-43(45)40-37-41-44(3)4)39-36-34-32-30-28-26-24-22-20-18-16-14-12-10-8-6-2/h42H,5-13,15,17-19,21,23-25,27,29-41H2,1-4H3. The molecule has 0 aliphatic rings. The number of unbranched alkanes of at least 4 members (excludes halogenated alkanes) is 21. The summed E-state index contributed by atoms with van der Waals surface area (Å²) in [6.07, 6.45) is 35.9. The average Bonchev–Trinajstić information content (AvgIpc) is 3.04. The summed E-state index contributed by atoms with van der Waals surface area (Å²) in [5.41, 5.74) is 0. The quantitative estimate of drug-likeness (QED) is 0.0446. The van der Waals surface area contributed by atoms with E-state index < -0.39 is 0 Å². The first-order valence-electron chi connectivity index (χ1n) is 19.8. The van der Waals surface area contributed by atoms with E-state index in [9.17, 15) is 4.79 Å². The van der Waals surface area contributed by atoms with Crippen molar-refractivity contribution in [2.75, 3.05) is 20.6 Å². The van der Waals surface area contributed by atoms with Crippen molar-refractivity contribution in [3.63, 3.8) is 0 Å². The number of rotatable bonds is 30. The molecule has 0 aromatic carbocycles. The number of nitrogens with zero attached hydrogens (tertiary/aromatic N) is 1. The number of carbonyl (C=O) groups is 1. The second-order valence-electron chi connectivity index (χ2n) is 13.6. The van der Waals surface area contributed by atoms with Gasteiger partial charge in [0.15, 0.2) is 0 Å². The number of hydrogen-bond donors (Lipinski definition) is 0. The van der Waals surface area contributed by atoms with Gasteiger partial charge in [0, 0.05) is 19.3 Å². The van der Waals surface area contributed by atoms with Crippen LogP contribution in [0.15, 0.2) is 0 Å². The summed E-state index contributed by atoms with van der Waals surface area (Å²) in [7, 11) is 4.10. The molecule has 0 fully saturated rings. The van der Waals surface area contributed by atoms with Gasteiger partial charge in [-0.05, 0) is 65.6 Å². The molecule has 0 aromatic rings. The lowest BCUT2D eigenvalue weighted by Crippen LogP contribution is -2.20. The Bertz CT molecular complexity index is 843. The third-order valence-electron chi connectivity index (χ3n) is 8.63. The minimum Gasteiger partial charge on any atom is -0.462 e. The lowest BCUT2D eigenvalue weighted by atomic mass is 10.0. The largest absolute Gasteiger partial charge is 0.462 e. The van der Waals surface area contributed by atoms with Crippen molar-refractivity contribution in [3.05, 3.63) is 0 Å². The van der Waals surface area contributed by atoms with Crippen LogP contribution in [0.3, 0.4) is 0 Å². The molecule has 0 rings (SSSR count). The Labute approximate surface area is 288 Å². The van der Waals surface area contributed by atoms with E-state index in [1.807, 2.05) is 0 Å². The molecule has 3 heteroatoms. The van der Waals surface area contributed by atoms with Gasteiger partial charge in [-0.25, -0.2) is 0 Å². The Morgan fingerprint density at radius 1 is 0.500 bits per heavy atom. The molecule has 1 unspecified atom stereocenters. The first-order valence-corrected chi connectivity index (χ1v) is 19.8. The highest BCUT2D eigenvalue weighted by molar-refractivity contribution is 5.69. The Balaban J connectivity index is 4.05. The van der Waals surface area contributed by atoms with E-state index in [4.69, 9.17) is 4.74 Å². The maximum absolute atomic E-state index is 12.5. The summed E-state index contributed by atoms with van der Waals surface area (Å²) in [5, 5.41) is 0. The maximum atomic E-state index is 12.5. The number of ether oxygens (including phenoxy) is 1. The molecular weight excluding hydrogens is 562 g/mol. The van der Waals surface area contributed by atoms with Crippen molar-refractivity contribution in [3.8, 4) is 35.5 Å². The van der Waals surface area contributed by atoms with E-state index in [1.165, 1.54) is 122 Å². The van der Waals surface area contributed by atoms with Gasteiger partial charge in [0.2, 0.25) is 0 Å². The summed E-state index contributed by atoms with van der Waals surface area (Å²) < 4.78 is 5.97. The van der Waals surface area contributed by atoms with Crippen LogP contribution >= 0.6 is 0 Å². The van der Waals surface area contributed by atoms with Crippen LogP contribution in [0.4, 0.5) is 0 Å². The number of hydrogen-bond acceptors (Lipinski definition) is 3. The Kier molecular flexibility index (Phi) is 36.0. The molecule has 264 valence electrons. The summed E-state index contributed by atoms with van der Waals surface area (Å²) in [4.78, 5) is 14.6. The van der Waals surface area contributed by atoms with E-state index in [-0.39, 0.29) is 12.1 Å². The topological polar surface area (TPSA) is 29.5 Å². The zero-order valence-electron chi connectivity index (χ0n) is 31.3. The van der Waals surface area contributed by atoms with Gasteiger partial charge in [-0.2, -0.15) is 0 Å². The molecule has 0 radical (unpaired) electrons. The lowest BCUT2D eigenvalue weighted by molar-refractivity contribution is -0.150. The zero-order chi connectivity index (χ0) is 33.6. The first-order chi connectivity index (χ1) is 22.6. The molecule has 0 N–H and O–H groups in total. The zero-order valence-corrected chi connectivity index (χ0v) is 31.3. The van der Waals surface area contributed by atoms with E-state index in [0.717, 1.165) is 57.9 Å². The van der Waals surface area contributed by atoms with E-state index >= 15 is 0 Å². The molecule has 0 heterocycles. The van der Waals surface area contributed by atoms with Gasteiger partial charge < -0.3 is 9.64 Å². The minimum atomic E-state index is -0.0159. The molecule has 1 atom stereocenters. The molecular formula is C43H75NO2. The van der Waals surface area contributed by atoms with Crippen LogP contribution in [0.25, 0.3) is 0 Å². The minimum absolute atomic E-state index is 0.0159. The molecule has 0 amide bonds. The Morgan fingerprint density at radius 2 is 0.870 bits per heavy atom. The van der Waals surface area contributed by atoms with Gasteiger partial charge >= 0.3 is 5.97 Å². The molecule has 0 aliphatic carbocycles. The van der Waals surface area contributed by atoms with Crippen LogP contribution < -0.4 is 0 Å². The molecule has 3 nitrogen and oxygen atoms in total. The van der Waals surface area contributed by atoms with Crippen LogP contribution in [-0.4, -0.2) is 37.6 Å². The summed E-state index contributed by atoms with van der Waals surface area (Å²) in [6, 6.07) is 0. The van der Waals surface area contributed by atoms with Crippen LogP contribution in [0.2, 0.25) is 0 Å². The lowest BCUT2D eigenvalue weighted by Gasteiger charge is -2.18. The second kappa shape index (κ2) is 37.6. The molecule has 0 aromatic heterocycles. The third kappa shape index (κ3) is 36.6. The fraction of sp³-hybridized carbons (Fsp3) is 0.837. The summed E-state index contributed by atoms with van der Waals surface area (Å²) in [6.45, 7) is 5.44. The van der Waals surface area contributed by atoms with Crippen LogP contribution in [-0.2, 0) is 9.53 Å². The maximum Gasteiger partial charge on any atom is 0.306 e. The fourth-order valence-corrected chi connectivity index (χ4v) is 5.71. The van der Waals surface area contributed by atoms with E-state index in [2.05, 4.69) is 68.4 Å². The van der Waals surface area contributed by atoms with Crippen molar-refractivity contribution < 1.29 is 9.53 Å². The third-order valence-corrected chi connectivity index (χ3v) is 8.63. The molecule has 0 spiro atoms. The molecule has 0 saturated carbocycles. The van der Waals surface area contributed by atoms with Crippen molar-refractivity contribution in [1.82, 2.24) is 4.90 Å². The monoisotopic (exact) mass is 638 g/mol. The van der Waals surface area contributed by atoms with E-state index in [1.54, 1.807) is 0 Å². The van der Waals surface area contributed by atoms with E-state index in [0.29, 0.717) is 19.3 Å². The molecule has 0 bridgehead atoms. The summed E-state index contributed by atoms with van der Waals surface area (Å²) >= 11 is 0. The number of carbonyl (C=O) groups excluding carboxylic acids is 1. The van der Waals surface area contributed by atoms with Crippen molar-refractivity contribution in [2.24, 2.45) is 0 Å². The Hall–Kier alpha value is -1.89. The smallest absolute Gasteiger partial charge is 0.306 e. The molecule has 0 saturated heterocycles. The summed E-state index contributed by atoms with van der Waals surface area (Å²) in [5.74, 6) is 19.0. The number of esters is 1. The van der Waals surface area contributed by atoms with Crippen molar-refractivity contribution in [2.45, 2.75) is 213 Å². The van der Waals surface area contributed by atoms with Gasteiger partial charge in [-0.15, -0.1) is 11.8 Å². The van der Waals surface area contributed by atoms with Gasteiger partial charge in [-0.1, -0.05) is 153 Å². The molecule has 46 heavy (non-hydrogen) atoms. The van der Waals surface area contributed by atoms with Crippen LogP contribution in [0.5, 0.6) is 0 Å². The van der Waals surface area contributed by atoms with Crippen LogP contribution in [0.1, 0.15) is 206 Å². The fourth-order valence-electron chi connectivity index (χ4n) is 5.71. The average molecular weight is 638 g/mol. The molecule has 0 aliphatic heterocycles. The van der Waals surface area contributed by atoms with Gasteiger partial charge in [0.05, 0.1) is 12.8 Å². The second-order valence-corrected chi connectivity index (χ2v) is 13.6. The van der Waals surface area contributed by atoms with Gasteiger partial charge in [0.25, 0.3) is 0 Å². The van der Waals surface area contributed by atoms with Crippen molar-refractivity contribution >= 4 is 5.97 Å². The Morgan fingerprint density at radius 3 is 1.33 bits per heavy atom. The highest BCUT2D eigenvalue weighted by Gasteiger charge is 2.14. The van der Waals surface area contributed by atoms with Gasteiger partial charge in [-0.3, -0.25) is 4.79 Å². The predicted molar refractivity (Wildman–Crippen MR) is 202 cm³/mol. The highest BCUT2D eigenvalue weighted by atomic mass is 16.5. The first kappa shape index (κ1) is 44.1. The van der Waals surface area contributed by atoms with Crippen molar-refractivity contribution in [1.29, 1.82) is 0 Å². The SMILES string of the molecule is CCCCCC#CCC#CCC#CCCCCCC(CCCCCCCCCCCCCCCCCC)OC(=O)CCCN(C)C.